The van der Waals surface area contributed by atoms with Crippen LogP contribution in [0.3, 0.4) is 0 Å². The molecule has 1 aliphatic rings. The number of nitrogens with zero attached hydrogens (tertiary/aromatic N) is 1. The summed E-state index contributed by atoms with van der Waals surface area (Å²) < 4.78 is 0. The molecule has 1 fully saturated rings. The summed E-state index contributed by atoms with van der Waals surface area (Å²) in [4.78, 5) is 12.9. The van der Waals surface area contributed by atoms with Crippen LogP contribution in [-0.2, 0) is 4.79 Å². The largest absolute Gasteiger partial charge is 0.481 e. The molecule has 0 amide bonds. The molecular formula is C12H21NO2. The Bertz CT molecular complexity index is 238. The van der Waals surface area contributed by atoms with Crippen LogP contribution >= 0.6 is 0 Å². The van der Waals surface area contributed by atoms with Crippen molar-refractivity contribution in [3.63, 3.8) is 0 Å². The molecule has 1 heterocycles. The second-order valence-corrected chi connectivity index (χ2v) is 4.63. The Morgan fingerprint density at radius 3 is 2.93 bits per heavy atom. The SMILES string of the molecule is C=C(C)CN1CCCC(CCC(=O)O)C1. The number of hydrogen-bond donors (Lipinski definition) is 1. The highest BCUT2D eigenvalue weighted by Crippen LogP contribution is 2.21. The van der Waals surface area contributed by atoms with Crippen LogP contribution in [0.4, 0.5) is 0 Å². The van der Waals surface area contributed by atoms with E-state index in [0.29, 0.717) is 12.3 Å². The van der Waals surface area contributed by atoms with Crippen molar-refractivity contribution in [3.8, 4) is 0 Å². The number of likely N-dealkylation sites (tertiary alicyclic amines) is 1. The van der Waals surface area contributed by atoms with Crippen molar-refractivity contribution >= 4 is 5.97 Å². The van der Waals surface area contributed by atoms with E-state index in [1.807, 2.05) is 6.92 Å². The highest BCUT2D eigenvalue weighted by atomic mass is 16.4. The van der Waals surface area contributed by atoms with Crippen LogP contribution in [-0.4, -0.2) is 35.6 Å². The minimum absolute atomic E-state index is 0.311. The fourth-order valence-electron chi connectivity index (χ4n) is 2.24. The maximum absolute atomic E-state index is 10.5. The van der Waals surface area contributed by atoms with E-state index in [1.165, 1.54) is 18.4 Å². The van der Waals surface area contributed by atoms with E-state index in [9.17, 15) is 4.79 Å². The van der Waals surface area contributed by atoms with Gasteiger partial charge >= 0.3 is 5.97 Å². The van der Waals surface area contributed by atoms with Crippen LogP contribution < -0.4 is 0 Å². The van der Waals surface area contributed by atoms with Gasteiger partial charge in [0, 0.05) is 19.5 Å². The maximum atomic E-state index is 10.5. The first kappa shape index (κ1) is 12.2. The lowest BCUT2D eigenvalue weighted by atomic mass is 9.93. The van der Waals surface area contributed by atoms with Crippen molar-refractivity contribution in [1.29, 1.82) is 0 Å². The zero-order chi connectivity index (χ0) is 11.3. The molecule has 0 saturated carbocycles. The summed E-state index contributed by atoms with van der Waals surface area (Å²) in [5.74, 6) is -0.110. The summed E-state index contributed by atoms with van der Waals surface area (Å²) >= 11 is 0. The molecule has 0 aromatic carbocycles. The summed E-state index contributed by atoms with van der Waals surface area (Å²) in [7, 11) is 0. The van der Waals surface area contributed by atoms with Gasteiger partial charge in [0.2, 0.25) is 0 Å². The van der Waals surface area contributed by atoms with Gasteiger partial charge in [-0.1, -0.05) is 12.2 Å². The highest BCUT2D eigenvalue weighted by molar-refractivity contribution is 5.66. The Morgan fingerprint density at radius 1 is 1.60 bits per heavy atom. The molecule has 0 aromatic heterocycles. The molecule has 0 bridgehead atoms. The van der Waals surface area contributed by atoms with Crippen LogP contribution in [0, 0.1) is 5.92 Å². The van der Waals surface area contributed by atoms with E-state index in [-0.39, 0.29) is 0 Å². The van der Waals surface area contributed by atoms with E-state index in [1.54, 1.807) is 0 Å². The van der Waals surface area contributed by atoms with Gasteiger partial charge in [-0.05, 0) is 38.6 Å². The molecule has 1 saturated heterocycles. The van der Waals surface area contributed by atoms with Crippen LogP contribution in [0.25, 0.3) is 0 Å². The Balaban J connectivity index is 2.28. The van der Waals surface area contributed by atoms with Crippen LogP contribution in [0.2, 0.25) is 0 Å². The number of carbonyl (C=O) groups is 1. The third kappa shape index (κ3) is 4.98. The van der Waals surface area contributed by atoms with Crippen molar-refractivity contribution in [3.05, 3.63) is 12.2 Å². The van der Waals surface area contributed by atoms with E-state index < -0.39 is 5.97 Å². The van der Waals surface area contributed by atoms with Gasteiger partial charge in [-0.2, -0.15) is 0 Å². The fraction of sp³-hybridized carbons (Fsp3) is 0.750. The second-order valence-electron chi connectivity index (χ2n) is 4.63. The van der Waals surface area contributed by atoms with Crippen molar-refractivity contribution in [2.75, 3.05) is 19.6 Å². The summed E-state index contributed by atoms with van der Waals surface area (Å²) in [6, 6.07) is 0. The highest BCUT2D eigenvalue weighted by Gasteiger charge is 2.20. The molecule has 1 rings (SSSR count). The number of rotatable bonds is 5. The predicted octanol–water partition coefficient (Wildman–Crippen LogP) is 2.14. The van der Waals surface area contributed by atoms with Gasteiger partial charge in [-0.25, -0.2) is 0 Å². The molecule has 1 atom stereocenters. The quantitative estimate of drug-likeness (QED) is 0.708. The van der Waals surface area contributed by atoms with Gasteiger partial charge in [0.1, 0.15) is 0 Å². The van der Waals surface area contributed by atoms with Crippen molar-refractivity contribution in [2.24, 2.45) is 5.92 Å². The van der Waals surface area contributed by atoms with E-state index >= 15 is 0 Å². The van der Waals surface area contributed by atoms with Gasteiger partial charge in [0.05, 0.1) is 0 Å². The lowest BCUT2D eigenvalue weighted by molar-refractivity contribution is -0.137. The summed E-state index contributed by atoms with van der Waals surface area (Å²) in [5, 5.41) is 8.63. The minimum atomic E-state index is -0.674. The van der Waals surface area contributed by atoms with Crippen molar-refractivity contribution in [2.45, 2.75) is 32.6 Å². The van der Waals surface area contributed by atoms with Gasteiger partial charge in [-0.15, -0.1) is 0 Å². The molecule has 0 aromatic rings. The maximum Gasteiger partial charge on any atom is 0.303 e. The Labute approximate surface area is 91.8 Å². The average molecular weight is 211 g/mol. The topological polar surface area (TPSA) is 40.5 Å². The van der Waals surface area contributed by atoms with Gasteiger partial charge in [0.15, 0.2) is 0 Å². The van der Waals surface area contributed by atoms with Crippen LogP contribution in [0.5, 0.6) is 0 Å². The summed E-state index contributed by atoms with van der Waals surface area (Å²) in [6.07, 6.45) is 3.51. The van der Waals surface area contributed by atoms with E-state index in [2.05, 4.69) is 11.5 Å². The predicted molar refractivity (Wildman–Crippen MR) is 60.8 cm³/mol. The third-order valence-corrected chi connectivity index (χ3v) is 2.86. The molecule has 1 N–H and O–H groups in total. The molecule has 0 spiro atoms. The van der Waals surface area contributed by atoms with Crippen LogP contribution in [0.1, 0.15) is 32.6 Å². The van der Waals surface area contributed by atoms with Crippen LogP contribution in [0.15, 0.2) is 12.2 Å². The number of hydrogen-bond acceptors (Lipinski definition) is 2. The van der Waals surface area contributed by atoms with Gasteiger partial charge in [0.25, 0.3) is 0 Å². The lowest BCUT2D eigenvalue weighted by Crippen LogP contribution is -2.36. The Kier molecular flexibility index (Phi) is 4.82. The first-order valence-corrected chi connectivity index (χ1v) is 5.66. The number of carboxylic acids is 1. The molecule has 3 heteroatoms. The normalized spacial score (nSPS) is 22.6. The zero-order valence-corrected chi connectivity index (χ0v) is 9.54. The number of piperidine rings is 1. The summed E-state index contributed by atoms with van der Waals surface area (Å²) in [5.41, 5.74) is 1.19. The number of carboxylic acid groups (broad SMARTS) is 1. The molecule has 1 aliphatic heterocycles. The molecule has 15 heavy (non-hydrogen) atoms. The molecule has 86 valence electrons. The van der Waals surface area contributed by atoms with E-state index in [4.69, 9.17) is 5.11 Å². The smallest absolute Gasteiger partial charge is 0.303 e. The standard InChI is InChI=1S/C12H21NO2/c1-10(2)8-13-7-3-4-11(9-13)5-6-12(14)15/h11H,1,3-9H2,2H3,(H,14,15). The second kappa shape index (κ2) is 5.91. The first-order chi connectivity index (χ1) is 7.08. The fourth-order valence-corrected chi connectivity index (χ4v) is 2.24. The van der Waals surface area contributed by atoms with Gasteiger partial charge in [-0.3, -0.25) is 9.69 Å². The zero-order valence-electron chi connectivity index (χ0n) is 9.54. The van der Waals surface area contributed by atoms with Gasteiger partial charge < -0.3 is 5.11 Å². The minimum Gasteiger partial charge on any atom is -0.481 e. The Hall–Kier alpha value is -0.830. The molecule has 3 nitrogen and oxygen atoms in total. The lowest BCUT2D eigenvalue weighted by Gasteiger charge is -2.32. The monoisotopic (exact) mass is 211 g/mol. The molecule has 0 radical (unpaired) electrons. The molecule has 0 aliphatic carbocycles. The third-order valence-electron chi connectivity index (χ3n) is 2.86. The number of aliphatic carboxylic acids is 1. The molecular weight excluding hydrogens is 190 g/mol. The molecule has 1 unspecified atom stereocenters. The van der Waals surface area contributed by atoms with Crippen molar-refractivity contribution in [1.82, 2.24) is 4.90 Å². The Morgan fingerprint density at radius 2 is 2.33 bits per heavy atom. The summed E-state index contributed by atoms with van der Waals surface area (Å²) in [6.45, 7) is 9.09. The van der Waals surface area contributed by atoms with Crippen molar-refractivity contribution < 1.29 is 9.90 Å². The first-order valence-electron chi connectivity index (χ1n) is 5.66. The van der Waals surface area contributed by atoms with E-state index in [0.717, 1.165) is 26.1 Å². The average Bonchev–Trinajstić information content (AvgIpc) is 2.14.